The number of aliphatic hydroxyl groups excluding tert-OH is 1. The predicted octanol–water partition coefficient (Wildman–Crippen LogP) is 8.56. The average molecular weight is 511 g/mol. The molecule has 182 valence electrons. The van der Waals surface area contributed by atoms with Gasteiger partial charge < -0.3 is 5.11 Å². The molecule has 1 N–H and O–H groups in total. The molecule has 6 rings (SSSR count). The molecular formula is C32H30O2S2. The highest BCUT2D eigenvalue weighted by atomic mass is 32.2. The fraction of sp³-hybridized carbons (Fsp3) is 0.219. The van der Waals surface area contributed by atoms with Crippen molar-refractivity contribution in [1.29, 1.82) is 0 Å². The van der Waals surface area contributed by atoms with Gasteiger partial charge in [0.2, 0.25) is 0 Å². The lowest BCUT2D eigenvalue weighted by Gasteiger charge is -2.21. The van der Waals surface area contributed by atoms with Crippen LogP contribution in [-0.2, 0) is 12.8 Å². The summed E-state index contributed by atoms with van der Waals surface area (Å²) in [6.45, 7) is 0. The molecule has 2 aliphatic carbocycles. The summed E-state index contributed by atoms with van der Waals surface area (Å²) in [5.74, 6) is 0.299. The molecule has 4 heteroatoms. The molecule has 0 saturated carbocycles. The summed E-state index contributed by atoms with van der Waals surface area (Å²) in [5.41, 5.74) is 4.58. The molecule has 0 aromatic heterocycles. The quantitative estimate of drug-likeness (QED) is 0.298. The number of Topliss-reactive ketones (excluding diaryl/α,β-unsaturated/α-hetero) is 1. The maximum Gasteiger partial charge on any atom is 0.163 e. The summed E-state index contributed by atoms with van der Waals surface area (Å²) in [7, 11) is 0. The van der Waals surface area contributed by atoms with Crippen LogP contribution in [0.5, 0.6) is 0 Å². The number of ketones is 1. The Kier molecular flexibility index (Phi) is 8.27. The van der Waals surface area contributed by atoms with Crippen LogP contribution in [0.25, 0.3) is 0 Å². The summed E-state index contributed by atoms with van der Waals surface area (Å²) < 4.78 is 0. The first-order chi connectivity index (χ1) is 17.7. The Morgan fingerprint density at radius 1 is 0.611 bits per heavy atom. The Balaban J connectivity index is 0.000000148. The zero-order valence-corrected chi connectivity index (χ0v) is 21.9. The number of aryl methyl sites for hydroxylation is 2. The van der Waals surface area contributed by atoms with Gasteiger partial charge >= 0.3 is 0 Å². The van der Waals surface area contributed by atoms with Crippen molar-refractivity contribution in [3.8, 4) is 0 Å². The standard InChI is InChI=1S/C16H16OS.C16H14OS/c2*17-16-8-4-5-12-11-14(9-10-15(12)16)18-13-6-2-1-3-7-13/h1-3,6-7,9-11,16-17H,4-5,8H2;1-3,6-7,9-11H,4-5,8H2/t16-;/m1./s1. The summed E-state index contributed by atoms with van der Waals surface area (Å²) >= 11 is 3.53. The molecule has 36 heavy (non-hydrogen) atoms. The van der Waals surface area contributed by atoms with Crippen LogP contribution in [0, 0.1) is 0 Å². The number of aliphatic hydroxyl groups is 1. The summed E-state index contributed by atoms with van der Waals surface area (Å²) in [6, 6.07) is 33.4. The Bertz CT molecular complexity index is 1320. The first-order valence-electron chi connectivity index (χ1n) is 12.6. The summed E-state index contributed by atoms with van der Waals surface area (Å²) in [5, 5.41) is 9.94. The van der Waals surface area contributed by atoms with Gasteiger partial charge in [-0.2, -0.15) is 0 Å². The van der Waals surface area contributed by atoms with Gasteiger partial charge in [0.15, 0.2) is 5.78 Å². The van der Waals surface area contributed by atoms with Crippen LogP contribution in [0.2, 0.25) is 0 Å². The highest BCUT2D eigenvalue weighted by molar-refractivity contribution is 7.99. The Hall–Kier alpha value is -2.79. The predicted molar refractivity (Wildman–Crippen MR) is 149 cm³/mol. The zero-order valence-electron chi connectivity index (χ0n) is 20.2. The maximum absolute atomic E-state index is 11.7. The number of benzene rings is 4. The molecule has 4 aromatic carbocycles. The van der Waals surface area contributed by atoms with Crippen LogP contribution in [0.3, 0.4) is 0 Å². The van der Waals surface area contributed by atoms with E-state index in [2.05, 4.69) is 66.7 Å². The number of rotatable bonds is 4. The lowest BCUT2D eigenvalue weighted by molar-refractivity contribution is 0.0972. The van der Waals surface area contributed by atoms with E-state index in [1.807, 2.05) is 30.3 Å². The SMILES string of the molecule is O=C1CCCc2cc(Sc3ccccc3)ccc21.O[C@@H]1CCCc2cc(Sc3ccccc3)ccc21. The van der Waals surface area contributed by atoms with Crippen molar-refractivity contribution in [2.75, 3.05) is 0 Å². The Morgan fingerprint density at radius 2 is 1.19 bits per heavy atom. The molecule has 0 saturated heterocycles. The van der Waals surface area contributed by atoms with Crippen molar-refractivity contribution >= 4 is 29.3 Å². The van der Waals surface area contributed by atoms with Crippen molar-refractivity contribution in [2.24, 2.45) is 0 Å². The molecule has 2 nitrogen and oxygen atoms in total. The van der Waals surface area contributed by atoms with E-state index in [9.17, 15) is 9.90 Å². The van der Waals surface area contributed by atoms with Crippen LogP contribution >= 0.6 is 23.5 Å². The van der Waals surface area contributed by atoms with Gasteiger partial charge in [-0.25, -0.2) is 0 Å². The fourth-order valence-electron chi connectivity index (χ4n) is 4.76. The minimum Gasteiger partial charge on any atom is -0.388 e. The number of carbonyl (C=O) groups is 1. The minimum absolute atomic E-state index is 0.260. The van der Waals surface area contributed by atoms with Crippen molar-refractivity contribution in [2.45, 2.75) is 64.2 Å². The van der Waals surface area contributed by atoms with E-state index in [-0.39, 0.29) is 6.10 Å². The molecule has 0 fully saturated rings. The van der Waals surface area contributed by atoms with E-state index in [4.69, 9.17) is 0 Å². The molecule has 0 radical (unpaired) electrons. The lowest BCUT2D eigenvalue weighted by atomic mass is 9.90. The summed E-state index contributed by atoms with van der Waals surface area (Å²) in [4.78, 5) is 16.7. The maximum atomic E-state index is 11.7. The van der Waals surface area contributed by atoms with Crippen LogP contribution < -0.4 is 0 Å². The molecule has 0 spiro atoms. The van der Waals surface area contributed by atoms with Crippen molar-refractivity contribution in [3.05, 3.63) is 119 Å². The first kappa shape index (κ1) is 24.9. The molecule has 0 aliphatic heterocycles. The second-order valence-corrected chi connectivity index (χ2v) is 11.5. The molecule has 0 amide bonds. The van der Waals surface area contributed by atoms with Gasteiger partial charge in [-0.1, -0.05) is 72.1 Å². The number of hydrogen-bond acceptors (Lipinski definition) is 4. The van der Waals surface area contributed by atoms with Gasteiger partial charge in [0, 0.05) is 31.6 Å². The molecule has 4 aromatic rings. The van der Waals surface area contributed by atoms with Gasteiger partial charge in [-0.3, -0.25) is 4.79 Å². The third-order valence-corrected chi connectivity index (χ3v) is 8.58. The third-order valence-electron chi connectivity index (χ3n) is 6.58. The van der Waals surface area contributed by atoms with E-state index >= 15 is 0 Å². The number of hydrogen-bond donors (Lipinski definition) is 1. The molecule has 0 unspecified atom stereocenters. The van der Waals surface area contributed by atoms with Gasteiger partial charge in [-0.05, 0) is 97.3 Å². The fourth-order valence-corrected chi connectivity index (χ4v) is 6.57. The Morgan fingerprint density at radius 3 is 1.86 bits per heavy atom. The number of carbonyl (C=O) groups excluding carboxylic acids is 1. The van der Waals surface area contributed by atoms with Gasteiger partial charge in [0.25, 0.3) is 0 Å². The van der Waals surface area contributed by atoms with E-state index in [1.165, 1.54) is 30.7 Å². The average Bonchev–Trinajstić information content (AvgIpc) is 2.91. The van der Waals surface area contributed by atoms with Gasteiger partial charge in [0.1, 0.15) is 0 Å². The molecule has 2 aliphatic rings. The topological polar surface area (TPSA) is 37.3 Å². The third kappa shape index (κ3) is 6.31. The highest BCUT2D eigenvalue weighted by Crippen LogP contribution is 2.35. The van der Waals surface area contributed by atoms with Crippen LogP contribution in [0.1, 0.15) is 58.8 Å². The van der Waals surface area contributed by atoms with Crippen molar-refractivity contribution < 1.29 is 9.90 Å². The Labute approximate surface area is 222 Å². The molecule has 0 heterocycles. The van der Waals surface area contributed by atoms with E-state index in [1.54, 1.807) is 23.5 Å². The van der Waals surface area contributed by atoms with Crippen LogP contribution in [0.15, 0.2) is 117 Å². The van der Waals surface area contributed by atoms with Gasteiger partial charge in [0.05, 0.1) is 6.10 Å². The van der Waals surface area contributed by atoms with Crippen LogP contribution in [-0.4, -0.2) is 10.9 Å². The first-order valence-corrected chi connectivity index (χ1v) is 14.2. The largest absolute Gasteiger partial charge is 0.388 e. The van der Waals surface area contributed by atoms with E-state index in [0.29, 0.717) is 12.2 Å². The normalized spacial score (nSPS) is 16.4. The van der Waals surface area contributed by atoms with Crippen molar-refractivity contribution in [1.82, 2.24) is 0 Å². The highest BCUT2D eigenvalue weighted by Gasteiger charge is 2.18. The van der Waals surface area contributed by atoms with Crippen molar-refractivity contribution in [3.63, 3.8) is 0 Å². The number of fused-ring (bicyclic) bond motifs is 2. The molecular weight excluding hydrogens is 480 g/mol. The zero-order chi connectivity index (χ0) is 24.7. The van der Waals surface area contributed by atoms with Crippen LogP contribution in [0.4, 0.5) is 0 Å². The van der Waals surface area contributed by atoms with E-state index < -0.39 is 0 Å². The van der Waals surface area contributed by atoms with Gasteiger partial charge in [-0.15, -0.1) is 0 Å². The summed E-state index contributed by atoms with van der Waals surface area (Å²) in [6.07, 6.45) is 5.55. The van der Waals surface area contributed by atoms with E-state index in [0.717, 1.165) is 43.2 Å². The monoisotopic (exact) mass is 510 g/mol. The minimum atomic E-state index is -0.260. The molecule has 0 bridgehead atoms. The second-order valence-electron chi connectivity index (χ2n) is 9.19. The molecule has 1 atom stereocenters. The second kappa shape index (κ2) is 12.0. The smallest absolute Gasteiger partial charge is 0.163 e. The lowest BCUT2D eigenvalue weighted by Crippen LogP contribution is -2.10.